The van der Waals surface area contributed by atoms with Gasteiger partial charge in [-0.2, -0.15) is 5.26 Å². The third-order valence-electron chi connectivity index (χ3n) is 4.47. The predicted molar refractivity (Wildman–Crippen MR) is 140 cm³/mol. The first-order chi connectivity index (χ1) is 17.4. The SMILES string of the molecule is CC(C)(C)OC(=O)NCC(N)=O.COc1ccc(/C=C(/C#N)c2cc(OC)c(OC)c(OC)c2)cc1N. The molecule has 11 heteroatoms. The molecule has 2 rings (SSSR count). The quantitative estimate of drug-likeness (QED) is 0.272. The van der Waals surface area contributed by atoms with Crippen molar-refractivity contribution in [1.29, 1.82) is 5.26 Å². The van der Waals surface area contributed by atoms with Crippen LogP contribution in [0.2, 0.25) is 0 Å². The molecule has 0 unspecified atom stereocenters. The Morgan fingerprint density at radius 1 is 0.973 bits per heavy atom. The summed E-state index contributed by atoms with van der Waals surface area (Å²) in [5.41, 5.74) is 12.5. The molecule has 0 fully saturated rings. The summed E-state index contributed by atoms with van der Waals surface area (Å²) >= 11 is 0. The Morgan fingerprint density at radius 3 is 1.95 bits per heavy atom. The Bertz CT molecular complexity index is 1140. The molecule has 0 radical (unpaired) electrons. The van der Waals surface area contributed by atoms with Crippen LogP contribution in [0.4, 0.5) is 10.5 Å². The zero-order valence-electron chi connectivity index (χ0n) is 22.1. The normalized spacial score (nSPS) is 10.7. The van der Waals surface area contributed by atoms with Crippen molar-refractivity contribution >= 4 is 29.3 Å². The third-order valence-corrected chi connectivity index (χ3v) is 4.47. The van der Waals surface area contributed by atoms with Crippen LogP contribution >= 0.6 is 0 Å². The molecule has 0 saturated heterocycles. The molecule has 0 aliphatic rings. The van der Waals surface area contributed by atoms with Gasteiger partial charge in [-0.1, -0.05) is 6.07 Å². The molecular formula is C26H34N4O7. The minimum atomic E-state index is -0.638. The van der Waals surface area contributed by atoms with Gasteiger partial charge in [-0.05, 0) is 62.2 Å². The summed E-state index contributed by atoms with van der Waals surface area (Å²) in [4.78, 5) is 21.0. The highest BCUT2D eigenvalue weighted by Gasteiger charge is 2.16. The zero-order valence-corrected chi connectivity index (χ0v) is 22.1. The van der Waals surface area contributed by atoms with Gasteiger partial charge in [0, 0.05) is 0 Å². The lowest BCUT2D eigenvalue weighted by Gasteiger charge is -2.19. The van der Waals surface area contributed by atoms with Crippen LogP contribution in [-0.2, 0) is 9.53 Å². The second kappa shape index (κ2) is 14.1. The van der Waals surface area contributed by atoms with Crippen molar-refractivity contribution in [2.45, 2.75) is 26.4 Å². The van der Waals surface area contributed by atoms with E-state index in [0.29, 0.717) is 39.8 Å². The lowest BCUT2D eigenvalue weighted by atomic mass is 10.0. The van der Waals surface area contributed by atoms with E-state index in [4.69, 9.17) is 35.2 Å². The molecule has 37 heavy (non-hydrogen) atoms. The fourth-order valence-corrected chi connectivity index (χ4v) is 2.90. The van der Waals surface area contributed by atoms with E-state index >= 15 is 0 Å². The maximum atomic E-state index is 10.8. The van der Waals surface area contributed by atoms with Crippen LogP contribution in [0.15, 0.2) is 30.3 Å². The molecule has 2 aromatic rings. The van der Waals surface area contributed by atoms with Crippen molar-refractivity contribution in [3.8, 4) is 29.1 Å². The number of amides is 2. The molecule has 0 spiro atoms. The van der Waals surface area contributed by atoms with Crippen molar-refractivity contribution in [3.05, 3.63) is 41.5 Å². The van der Waals surface area contributed by atoms with E-state index in [2.05, 4.69) is 11.4 Å². The highest BCUT2D eigenvalue weighted by Crippen LogP contribution is 2.40. The number of nitrogens with zero attached hydrogens (tertiary/aromatic N) is 1. The van der Waals surface area contributed by atoms with Crippen LogP contribution in [0.5, 0.6) is 23.0 Å². The zero-order chi connectivity index (χ0) is 28.2. The number of hydrogen-bond donors (Lipinski definition) is 3. The lowest BCUT2D eigenvalue weighted by Crippen LogP contribution is -2.37. The van der Waals surface area contributed by atoms with E-state index in [-0.39, 0.29) is 6.54 Å². The first-order valence-electron chi connectivity index (χ1n) is 11.0. The van der Waals surface area contributed by atoms with Crippen LogP contribution in [0.25, 0.3) is 11.6 Å². The van der Waals surface area contributed by atoms with Gasteiger partial charge in [-0.25, -0.2) is 4.79 Å². The van der Waals surface area contributed by atoms with Crippen LogP contribution < -0.4 is 35.7 Å². The monoisotopic (exact) mass is 514 g/mol. The summed E-state index contributed by atoms with van der Waals surface area (Å²) in [5.74, 6) is 1.42. The Balaban J connectivity index is 0.000000482. The summed E-state index contributed by atoms with van der Waals surface area (Å²) in [5, 5.41) is 11.8. The van der Waals surface area contributed by atoms with E-state index in [1.54, 1.807) is 58.2 Å². The maximum Gasteiger partial charge on any atom is 0.408 e. The molecule has 0 aromatic heterocycles. The molecule has 200 valence electrons. The number of carbonyl (C=O) groups excluding carboxylic acids is 2. The number of anilines is 1. The highest BCUT2D eigenvalue weighted by atomic mass is 16.6. The largest absolute Gasteiger partial charge is 0.495 e. The van der Waals surface area contributed by atoms with Crippen molar-refractivity contribution in [2.75, 3.05) is 40.7 Å². The average Bonchev–Trinajstić information content (AvgIpc) is 2.84. The Kier molecular flexibility index (Phi) is 11.6. The smallest absolute Gasteiger partial charge is 0.408 e. The van der Waals surface area contributed by atoms with E-state index < -0.39 is 17.6 Å². The highest BCUT2D eigenvalue weighted by molar-refractivity contribution is 5.91. The topological polar surface area (TPSA) is 168 Å². The molecule has 5 N–H and O–H groups in total. The Hall–Kier alpha value is -4.59. The first-order valence-corrected chi connectivity index (χ1v) is 11.0. The van der Waals surface area contributed by atoms with Crippen LogP contribution in [0.3, 0.4) is 0 Å². The number of alkyl carbamates (subject to hydrolysis) is 1. The molecule has 0 saturated carbocycles. The molecule has 0 heterocycles. The molecule has 2 aromatic carbocycles. The molecule has 11 nitrogen and oxygen atoms in total. The van der Waals surface area contributed by atoms with Gasteiger partial charge in [0.05, 0.1) is 52.3 Å². The molecule has 0 atom stereocenters. The number of nitrogen functional groups attached to an aromatic ring is 1. The van der Waals surface area contributed by atoms with Gasteiger partial charge in [-0.3, -0.25) is 4.79 Å². The van der Waals surface area contributed by atoms with E-state index in [1.807, 2.05) is 6.07 Å². The summed E-state index contributed by atoms with van der Waals surface area (Å²) in [6, 6.07) is 11.0. The van der Waals surface area contributed by atoms with Gasteiger partial charge in [0.25, 0.3) is 0 Å². The molecule has 0 aliphatic carbocycles. The number of primary amides is 1. The second-order valence-corrected chi connectivity index (χ2v) is 8.41. The van der Waals surface area contributed by atoms with Crippen molar-refractivity contribution < 1.29 is 33.3 Å². The van der Waals surface area contributed by atoms with Gasteiger partial charge in [0.1, 0.15) is 11.4 Å². The van der Waals surface area contributed by atoms with Gasteiger partial charge in [-0.15, -0.1) is 0 Å². The van der Waals surface area contributed by atoms with Crippen molar-refractivity contribution in [2.24, 2.45) is 5.73 Å². The van der Waals surface area contributed by atoms with Crippen molar-refractivity contribution in [3.63, 3.8) is 0 Å². The summed E-state index contributed by atoms with van der Waals surface area (Å²) in [7, 11) is 6.14. The Labute approximate surface area is 216 Å². The predicted octanol–water partition coefficient (Wildman–Crippen LogP) is 3.36. The van der Waals surface area contributed by atoms with Crippen LogP contribution in [0.1, 0.15) is 31.9 Å². The standard InChI is InChI=1S/C19H20N2O4.C7H14N2O3/c1-22-16-6-5-12(8-15(16)21)7-14(11-20)13-9-17(23-2)19(25-4)18(10-13)24-3;1-7(2,3)12-6(11)9-4-5(8)10/h5-10H,21H2,1-4H3;4H2,1-3H3,(H2,8,10)(H,9,11)/b14-7-;. The number of hydrogen-bond acceptors (Lipinski definition) is 9. The minimum Gasteiger partial charge on any atom is -0.495 e. The number of ether oxygens (including phenoxy) is 5. The number of nitrogens with two attached hydrogens (primary N) is 2. The molecule has 0 aliphatic heterocycles. The van der Waals surface area contributed by atoms with Crippen molar-refractivity contribution in [1.82, 2.24) is 5.32 Å². The Morgan fingerprint density at radius 2 is 1.54 bits per heavy atom. The molecule has 2 amide bonds. The summed E-state index contributed by atoms with van der Waals surface area (Å²) < 4.78 is 25.9. The fourth-order valence-electron chi connectivity index (χ4n) is 2.90. The fraction of sp³-hybridized carbons (Fsp3) is 0.346. The van der Waals surface area contributed by atoms with Gasteiger partial charge in [0.15, 0.2) is 11.5 Å². The number of carbonyl (C=O) groups is 2. The van der Waals surface area contributed by atoms with Gasteiger partial charge < -0.3 is 40.5 Å². The van der Waals surface area contributed by atoms with E-state index in [9.17, 15) is 14.9 Å². The van der Waals surface area contributed by atoms with E-state index in [1.165, 1.54) is 21.3 Å². The van der Waals surface area contributed by atoms with Crippen LogP contribution in [-0.4, -0.2) is 52.6 Å². The third kappa shape index (κ3) is 9.89. The van der Waals surface area contributed by atoms with Gasteiger partial charge in [0.2, 0.25) is 11.7 Å². The van der Waals surface area contributed by atoms with Crippen LogP contribution in [0, 0.1) is 11.3 Å². The summed E-state index contributed by atoms with van der Waals surface area (Å²) in [6.45, 7) is 5.00. The molecule has 0 bridgehead atoms. The lowest BCUT2D eigenvalue weighted by molar-refractivity contribution is -0.117. The van der Waals surface area contributed by atoms with E-state index in [0.717, 1.165) is 5.56 Å². The number of nitrogens with one attached hydrogen (secondary N) is 1. The first kappa shape index (κ1) is 30.4. The number of rotatable bonds is 8. The van der Waals surface area contributed by atoms with Gasteiger partial charge >= 0.3 is 6.09 Å². The molecular weight excluding hydrogens is 480 g/mol. The number of methoxy groups -OCH3 is 4. The maximum absolute atomic E-state index is 10.8. The number of allylic oxidation sites excluding steroid dienone is 1. The number of benzene rings is 2. The second-order valence-electron chi connectivity index (χ2n) is 8.41. The minimum absolute atomic E-state index is 0.199. The average molecular weight is 515 g/mol. The number of nitriles is 1. The summed E-state index contributed by atoms with van der Waals surface area (Å²) in [6.07, 6.45) is 1.09.